The Balaban J connectivity index is 1.24. The van der Waals surface area contributed by atoms with Crippen LogP contribution in [0, 0.1) is 23.7 Å². The van der Waals surface area contributed by atoms with Crippen molar-refractivity contribution in [2.75, 3.05) is 25.1 Å². The molecule has 1 aromatic rings. The summed E-state index contributed by atoms with van der Waals surface area (Å²) in [6.07, 6.45) is 2.33. The number of nitrogens with zero attached hydrogens (tertiary/aromatic N) is 1. The highest BCUT2D eigenvalue weighted by Crippen LogP contribution is 2.59. The second-order valence-electron chi connectivity index (χ2n) is 9.04. The summed E-state index contributed by atoms with van der Waals surface area (Å²) in [5.41, 5.74) is 0.750. The van der Waals surface area contributed by atoms with Crippen LogP contribution in [0.15, 0.2) is 24.3 Å². The van der Waals surface area contributed by atoms with Crippen molar-refractivity contribution < 1.29 is 33.4 Å². The molecular weight excluding hydrogens is 499 g/mol. The zero-order chi connectivity index (χ0) is 25.3. The normalized spacial score (nSPS) is 28.7. The SMILES string of the molecule is CCCCOC(=O)c1ccc(NC(=O)COC(=O)CN2C(=O)[C@@H]3[C@H]4C[C@@H]([C@H](Cl)[C@H]4Cl)[C@H]3C2=O)cc1. The van der Waals surface area contributed by atoms with Crippen molar-refractivity contribution in [1.82, 2.24) is 4.90 Å². The molecule has 1 aromatic carbocycles. The molecule has 188 valence electrons. The van der Waals surface area contributed by atoms with Gasteiger partial charge in [-0.3, -0.25) is 24.1 Å². The number of carbonyl (C=O) groups is 5. The first-order chi connectivity index (χ1) is 16.7. The van der Waals surface area contributed by atoms with E-state index < -0.39 is 54.6 Å². The fourth-order valence-electron chi connectivity index (χ4n) is 5.17. The van der Waals surface area contributed by atoms with Crippen LogP contribution in [0.25, 0.3) is 0 Å². The molecule has 0 spiro atoms. The summed E-state index contributed by atoms with van der Waals surface area (Å²) in [4.78, 5) is 62.8. The van der Waals surface area contributed by atoms with Crippen LogP contribution in [0.5, 0.6) is 0 Å². The number of benzene rings is 1. The molecule has 4 rings (SSSR count). The predicted octanol–water partition coefficient (Wildman–Crippen LogP) is 2.59. The third-order valence-electron chi connectivity index (χ3n) is 6.87. The number of nitrogens with one attached hydrogen (secondary N) is 1. The predicted molar refractivity (Wildman–Crippen MR) is 126 cm³/mol. The highest BCUT2D eigenvalue weighted by atomic mass is 35.5. The van der Waals surface area contributed by atoms with Crippen molar-refractivity contribution in [3.63, 3.8) is 0 Å². The van der Waals surface area contributed by atoms with Crippen LogP contribution in [0.4, 0.5) is 5.69 Å². The number of rotatable bonds is 9. The molecule has 9 nitrogen and oxygen atoms in total. The van der Waals surface area contributed by atoms with Crippen LogP contribution in [-0.2, 0) is 28.7 Å². The number of fused-ring (bicyclic) bond motifs is 5. The minimum atomic E-state index is -0.871. The second kappa shape index (κ2) is 10.5. The first-order valence-electron chi connectivity index (χ1n) is 11.6. The number of amides is 3. The monoisotopic (exact) mass is 524 g/mol. The lowest BCUT2D eigenvalue weighted by Crippen LogP contribution is -2.38. The minimum absolute atomic E-state index is 0.179. The van der Waals surface area contributed by atoms with E-state index in [0.29, 0.717) is 24.3 Å². The van der Waals surface area contributed by atoms with E-state index in [1.807, 2.05) is 6.92 Å². The molecule has 2 saturated carbocycles. The summed E-state index contributed by atoms with van der Waals surface area (Å²) in [6, 6.07) is 6.08. The van der Waals surface area contributed by atoms with Gasteiger partial charge in [0.15, 0.2) is 6.61 Å². The summed E-state index contributed by atoms with van der Waals surface area (Å²) >= 11 is 12.6. The fraction of sp³-hybridized carbons (Fsp3) is 0.542. The van der Waals surface area contributed by atoms with Gasteiger partial charge >= 0.3 is 11.9 Å². The van der Waals surface area contributed by atoms with Crippen LogP contribution < -0.4 is 5.32 Å². The van der Waals surface area contributed by atoms with Crippen LogP contribution >= 0.6 is 23.2 Å². The molecule has 2 bridgehead atoms. The van der Waals surface area contributed by atoms with E-state index in [2.05, 4.69) is 5.32 Å². The Morgan fingerprint density at radius 2 is 1.60 bits per heavy atom. The molecule has 35 heavy (non-hydrogen) atoms. The lowest BCUT2D eigenvalue weighted by atomic mass is 9.80. The highest BCUT2D eigenvalue weighted by molar-refractivity contribution is 6.31. The van der Waals surface area contributed by atoms with Crippen LogP contribution in [0.3, 0.4) is 0 Å². The first kappa shape index (κ1) is 25.4. The molecule has 11 heteroatoms. The average Bonchev–Trinajstić information content (AvgIpc) is 3.44. The van der Waals surface area contributed by atoms with Crippen molar-refractivity contribution in [3.8, 4) is 0 Å². The van der Waals surface area contributed by atoms with Gasteiger partial charge in [0.25, 0.3) is 5.91 Å². The average molecular weight is 525 g/mol. The van der Waals surface area contributed by atoms with Gasteiger partial charge in [-0.05, 0) is 48.9 Å². The minimum Gasteiger partial charge on any atom is -0.462 e. The van der Waals surface area contributed by atoms with E-state index in [0.717, 1.165) is 17.7 Å². The Labute approximate surface area is 212 Å². The van der Waals surface area contributed by atoms with Crippen molar-refractivity contribution in [3.05, 3.63) is 29.8 Å². The van der Waals surface area contributed by atoms with Crippen molar-refractivity contribution in [2.24, 2.45) is 23.7 Å². The third kappa shape index (κ3) is 5.02. The maximum Gasteiger partial charge on any atom is 0.338 e. The highest BCUT2D eigenvalue weighted by Gasteiger charge is 2.66. The van der Waals surface area contributed by atoms with Gasteiger partial charge in [-0.25, -0.2) is 4.79 Å². The molecule has 0 radical (unpaired) electrons. The summed E-state index contributed by atoms with van der Waals surface area (Å²) in [6.45, 7) is 1.18. The second-order valence-corrected chi connectivity index (χ2v) is 10.1. The van der Waals surface area contributed by atoms with E-state index >= 15 is 0 Å². The van der Waals surface area contributed by atoms with Gasteiger partial charge in [0.2, 0.25) is 11.8 Å². The van der Waals surface area contributed by atoms with Crippen molar-refractivity contribution >= 4 is 58.5 Å². The maximum atomic E-state index is 12.8. The molecule has 3 fully saturated rings. The number of carbonyl (C=O) groups excluding carboxylic acids is 5. The lowest BCUT2D eigenvalue weighted by Gasteiger charge is -2.28. The first-order valence-corrected chi connectivity index (χ1v) is 12.5. The molecular formula is C24H26Cl2N2O7. The number of likely N-dealkylation sites (tertiary alicyclic amines) is 1. The molecule has 2 aliphatic carbocycles. The standard InChI is InChI=1S/C24H26Cl2N2O7/c1-2-3-8-34-24(33)12-4-6-13(7-5-12)27-16(29)11-35-17(30)10-28-22(31)18-14-9-15(19(18)23(28)32)21(26)20(14)25/h4-7,14-15,18-21H,2-3,8-11H2,1H3,(H,27,29)/t14-,15-,18-,19-,20+,21+/m1/s1. The zero-order valence-corrected chi connectivity index (χ0v) is 20.6. The van der Waals surface area contributed by atoms with Gasteiger partial charge in [-0.15, -0.1) is 23.2 Å². The number of hydrogen-bond acceptors (Lipinski definition) is 7. The molecule has 1 aliphatic heterocycles. The van der Waals surface area contributed by atoms with Gasteiger partial charge in [-0.2, -0.15) is 0 Å². The maximum absolute atomic E-state index is 12.8. The smallest absolute Gasteiger partial charge is 0.338 e. The topological polar surface area (TPSA) is 119 Å². The van der Waals surface area contributed by atoms with E-state index in [9.17, 15) is 24.0 Å². The summed E-state index contributed by atoms with van der Waals surface area (Å²) in [7, 11) is 0. The Morgan fingerprint density at radius 3 is 2.17 bits per heavy atom. The number of hydrogen-bond donors (Lipinski definition) is 1. The molecule has 1 heterocycles. The number of unbranched alkanes of at least 4 members (excludes halogenated alkanes) is 1. The van der Waals surface area contributed by atoms with Gasteiger partial charge < -0.3 is 14.8 Å². The van der Waals surface area contributed by atoms with Crippen LogP contribution in [0.2, 0.25) is 0 Å². The van der Waals surface area contributed by atoms with Gasteiger partial charge in [0.05, 0.1) is 34.8 Å². The Kier molecular flexibility index (Phi) is 7.66. The van der Waals surface area contributed by atoms with Gasteiger partial charge in [0.1, 0.15) is 6.54 Å². The number of ether oxygens (including phenoxy) is 2. The number of esters is 2. The molecule has 0 aromatic heterocycles. The van der Waals surface area contributed by atoms with Crippen LogP contribution in [0.1, 0.15) is 36.5 Å². The molecule has 6 atom stereocenters. The number of anilines is 1. The number of alkyl halides is 2. The van der Waals surface area contributed by atoms with E-state index in [-0.39, 0.29) is 22.6 Å². The molecule has 0 unspecified atom stereocenters. The van der Waals surface area contributed by atoms with Crippen LogP contribution in [-0.4, -0.2) is 65.1 Å². The van der Waals surface area contributed by atoms with E-state index in [1.165, 1.54) is 24.3 Å². The quantitative estimate of drug-likeness (QED) is 0.228. The zero-order valence-electron chi connectivity index (χ0n) is 19.1. The van der Waals surface area contributed by atoms with Gasteiger partial charge in [0, 0.05) is 5.69 Å². The third-order valence-corrected chi connectivity index (χ3v) is 8.18. The molecule has 1 saturated heterocycles. The van der Waals surface area contributed by atoms with E-state index in [1.54, 1.807) is 0 Å². The molecule has 3 aliphatic rings. The number of imide groups is 1. The number of halogens is 2. The van der Waals surface area contributed by atoms with Crippen molar-refractivity contribution in [2.45, 2.75) is 36.9 Å². The van der Waals surface area contributed by atoms with Gasteiger partial charge in [-0.1, -0.05) is 13.3 Å². The molecule has 3 amide bonds. The lowest BCUT2D eigenvalue weighted by molar-refractivity contribution is -0.154. The Hall–Kier alpha value is -2.65. The fourth-order valence-corrected chi connectivity index (χ4v) is 6.06. The van der Waals surface area contributed by atoms with Crippen molar-refractivity contribution in [1.29, 1.82) is 0 Å². The largest absolute Gasteiger partial charge is 0.462 e. The van der Waals surface area contributed by atoms with E-state index in [4.69, 9.17) is 32.7 Å². The summed E-state index contributed by atoms with van der Waals surface area (Å²) < 4.78 is 10.1. The summed E-state index contributed by atoms with van der Waals surface area (Å²) in [5.74, 6) is -4.25. The Morgan fingerprint density at radius 1 is 1.00 bits per heavy atom. The summed E-state index contributed by atoms with van der Waals surface area (Å²) in [5, 5.41) is 1.79. The Bertz CT molecular complexity index is 999. The molecule has 1 N–H and O–H groups in total.